The van der Waals surface area contributed by atoms with Gasteiger partial charge in [-0.15, -0.1) is 0 Å². The predicted octanol–water partition coefficient (Wildman–Crippen LogP) is 2.57. The number of fused-ring (bicyclic) bond motifs is 1. The molecule has 3 aromatic rings. The molecule has 0 saturated heterocycles. The molecule has 0 aliphatic heterocycles. The van der Waals surface area contributed by atoms with E-state index in [9.17, 15) is 5.11 Å². The van der Waals surface area contributed by atoms with Gasteiger partial charge >= 0.3 is 0 Å². The molecule has 0 amide bonds. The van der Waals surface area contributed by atoms with E-state index in [1.807, 2.05) is 25.4 Å². The van der Waals surface area contributed by atoms with Crippen LogP contribution in [0.5, 0.6) is 0 Å². The summed E-state index contributed by atoms with van der Waals surface area (Å²) in [6, 6.07) is 14.8. The number of benzene rings is 2. The first-order valence-corrected chi connectivity index (χ1v) is 7.44. The van der Waals surface area contributed by atoms with Crippen molar-refractivity contribution in [3.05, 3.63) is 66.0 Å². The number of nitrogens with one attached hydrogen (secondary N) is 1. The number of aryl methyl sites for hydroxylation is 1. The molecule has 0 radical (unpaired) electrons. The van der Waals surface area contributed by atoms with Crippen molar-refractivity contribution in [3.63, 3.8) is 0 Å². The molecule has 4 heteroatoms. The van der Waals surface area contributed by atoms with E-state index < -0.39 is 5.60 Å². The fourth-order valence-corrected chi connectivity index (χ4v) is 2.60. The normalized spacial score (nSPS) is 14.1. The van der Waals surface area contributed by atoms with Crippen LogP contribution in [0.25, 0.3) is 10.8 Å². The molecule has 114 valence electrons. The lowest BCUT2D eigenvalue weighted by Gasteiger charge is -2.22. The maximum Gasteiger partial charge on any atom is 0.102 e. The summed E-state index contributed by atoms with van der Waals surface area (Å²) in [5.41, 5.74) is 1.10. The summed E-state index contributed by atoms with van der Waals surface area (Å²) in [7, 11) is 1.85. The van der Waals surface area contributed by atoms with Crippen LogP contribution in [-0.4, -0.2) is 21.4 Å². The van der Waals surface area contributed by atoms with Crippen LogP contribution < -0.4 is 5.32 Å². The van der Waals surface area contributed by atoms with Crippen LogP contribution in [-0.2, 0) is 19.2 Å². The molecule has 4 nitrogen and oxygen atoms in total. The Labute approximate surface area is 130 Å². The zero-order valence-corrected chi connectivity index (χ0v) is 13.0. The van der Waals surface area contributed by atoms with E-state index in [0.717, 1.165) is 12.1 Å². The molecule has 22 heavy (non-hydrogen) atoms. The summed E-state index contributed by atoms with van der Waals surface area (Å²) in [6.45, 7) is 3.00. The van der Waals surface area contributed by atoms with Gasteiger partial charge in [0.15, 0.2) is 0 Å². The Balaban J connectivity index is 1.64. The van der Waals surface area contributed by atoms with Crippen LogP contribution in [0, 0.1) is 0 Å². The fraction of sp³-hybridized carbons (Fsp3) is 0.278. The molecule has 1 heterocycles. The topological polar surface area (TPSA) is 50.1 Å². The van der Waals surface area contributed by atoms with Crippen LogP contribution >= 0.6 is 0 Å². The van der Waals surface area contributed by atoms with E-state index in [2.05, 4.69) is 40.7 Å². The molecule has 1 aromatic heterocycles. The molecule has 0 spiro atoms. The van der Waals surface area contributed by atoms with Gasteiger partial charge in [0.05, 0.1) is 6.20 Å². The minimum absolute atomic E-state index is 0.478. The summed E-state index contributed by atoms with van der Waals surface area (Å²) in [5, 5.41) is 20.5. The molecule has 0 bridgehead atoms. The largest absolute Gasteiger partial charge is 0.384 e. The van der Waals surface area contributed by atoms with Gasteiger partial charge in [0, 0.05) is 31.9 Å². The summed E-state index contributed by atoms with van der Waals surface area (Å²) in [5.74, 6) is 0. The van der Waals surface area contributed by atoms with Gasteiger partial charge in [0.1, 0.15) is 5.60 Å². The van der Waals surface area contributed by atoms with Gasteiger partial charge in [0.25, 0.3) is 0 Å². The van der Waals surface area contributed by atoms with Gasteiger partial charge in [-0.1, -0.05) is 36.4 Å². The number of hydrogen-bond acceptors (Lipinski definition) is 3. The van der Waals surface area contributed by atoms with E-state index in [4.69, 9.17) is 0 Å². The first kappa shape index (κ1) is 14.8. The Bertz CT molecular complexity index is 777. The average molecular weight is 295 g/mol. The summed E-state index contributed by atoms with van der Waals surface area (Å²) < 4.78 is 1.70. The third kappa shape index (κ3) is 3.18. The van der Waals surface area contributed by atoms with Crippen molar-refractivity contribution < 1.29 is 5.11 Å². The molecule has 1 atom stereocenters. The highest BCUT2D eigenvalue weighted by Crippen LogP contribution is 2.19. The Morgan fingerprint density at radius 2 is 1.95 bits per heavy atom. The lowest BCUT2D eigenvalue weighted by Crippen LogP contribution is -2.34. The van der Waals surface area contributed by atoms with Gasteiger partial charge in [-0.3, -0.25) is 4.68 Å². The van der Waals surface area contributed by atoms with Crippen LogP contribution in [0.2, 0.25) is 0 Å². The van der Waals surface area contributed by atoms with Crippen molar-refractivity contribution in [2.24, 2.45) is 7.05 Å². The van der Waals surface area contributed by atoms with E-state index in [1.165, 1.54) is 16.3 Å². The average Bonchev–Trinajstić information content (AvgIpc) is 2.94. The number of aliphatic hydroxyl groups is 1. The number of nitrogens with zero attached hydrogens (tertiary/aromatic N) is 2. The molecule has 2 N–H and O–H groups in total. The van der Waals surface area contributed by atoms with Crippen molar-refractivity contribution in [1.29, 1.82) is 0 Å². The van der Waals surface area contributed by atoms with Crippen molar-refractivity contribution in [3.8, 4) is 0 Å². The predicted molar refractivity (Wildman–Crippen MR) is 88.4 cm³/mol. The standard InChI is InChI=1S/C18H21N3O/c1-18(22,17-11-20-21(2)12-17)13-19-10-14-7-8-15-5-3-4-6-16(15)9-14/h3-9,11-12,19,22H,10,13H2,1-2H3. The molecule has 2 aromatic carbocycles. The van der Waals surface area contributed by atoms with Gasteiger partial charge < -0.3 is 10.4 Å². The van der Waals surface area contributed by atoms with E-state index >= 15 is 0 Å². The molecule has 0 aliphatic carbocycles. The van der Waals surface area contributed by atoms with Crippen molar-refractivity contribution in [2.45, 2.75) is 19.1 Å². The highest BCUT2D eigenvalue weighted by atomic mass is 16.3. The Morgan fingerprint density at radius 3 is 2.68 bits per heavy atom. The first-order chi connectivity index (χ1) is 10.5. The molecule has 3 rings (SSSR count). The summed E-state index contributed by atoms with van der Waals surface area (Å²) in [6.07, 6.45) is 3.55. The van der Waals surface area contributed by atoms with Crippen LogP contribution in [0.1, 0.15) is 18.1 Å². The van der Waals surface area contributed by atoms with Gasteiger partial charge in [-0.05, 0) is 29.3 Å². The SMILES string of the molecule is Cn1cc(C(C)(O)CNCc2ccc3ccccc3c2)cn1. The summed E-state index contributed by atoms with van der Waals surface area (Å²) in [4.78, 5) is 0. The highest BCUT2D eigenvalue weighted by molar-refractivity contribution is 5.82. The van der Waals surface area contributed by atoms with E-state index in [0.29, 0.717) is 6.54 Å². The first-order valence-electron chi connectivity index (χ1n) is 7.44. The number of rotatable bonds is 5. The van der Waals surface area contributed by atoms with E-state index in [-0.39, 0.29) is 0 Å². The minimum Gasteiger partial charge on any atom is -0.384 e. The van der Waals surface area contributed by atoms with Crippen LogP contribution in [0.15, 0.2) is 54.9 Å². The molecule has 0 fully saturated rings. The minimum atomic E-state index is -0.925. The summed E-state index contributed by atoms with van der Waals surface area (Å²) >= 11 is 0. The van der Waals surface area contributed by atoms with Gasteiger partial charge in [-0.25, -0.2) is 0 Å². The van der Waals surface area contributed by atoms with Crippen LogP contribution in [0.3, 0.4) is 0 Å². The lowest BCUT2D eigenvalue weighted by atomic mass is 9.99. The zero-order chi connectivity index (χ0) is 15.6. The highest BCUT2D eigenvalue weighted by Gasteiger charge is 2.24. The van der Waals surface area contributed by atoms with Crippen molar-refractivity contribution >= 4 is 10.8 Å². The van der Waals surface area contributed by atoms with E-state index in [1.54, 1.807) is 17.8 Å². The number of hydrogen-bond donors (Lipinski definition) is 2. The third-order valence-corrected chi connectivity index (χ3v) is 3.94. The Morgan fingerprint density at radius 1 is 1.18 bits per heavy atom. The van der Waals surface area contributed by atoms with Crippen LogP contribution in [0.4, 0.5) is 0 Å². The molecule has 0 saturated carbocycles. The van der Waals surface area contributed by atoms with Crippen molar-refractivity contribution in [2.75, 3.05) is 6.54 Å². The maximum atomic E-state index is 10.5. The fourth-order valence-electron chi connectivity index (χ4n) is 2.60. The Hall–Kier alpha value is -2.17. The van der Waals surface area contributed by atoms with Crippen molar-refractivity contribution in [1.82, 2.24) is 15.1 Å². The zero-order valence-electron chi connectivity index (χ0n) is 13.0. The lowest BCUT2D eigenvalue weighted by molar-refractivity contribution is 0.0566. The Kier molecular flexibility index (Phi) is 3.96. The van der Waals surface area contributed by atoms with Gasteiger partial charge in [-0.2, -0.15) is 5.10 Å². The molecular weight excluding hydrogens is 274 g/mol. The molecule has 1 unspecified atom stereocenters. The maximum absolute atomic E-state index is 10.5. The second-order valence-corrected chi connectivity index (χ2v) is 5.96. The monoisotopic (exact) mass is 295 g/mol. The second kappa shape index (κ2) is 5.91. The van der Waals surface area contributed by atoms with Gasteiger partial charge in [0.2, 0.25) is 0 Å². The molecular formula is C18H21N3O. The third-order valence-electron chi connectivity index (χ3n) is 3.94. The quantitative estimate of drug-likeness (QED) is 0.760. The number of aromatic nitrogens is 2. The second-order valence-electron chi connectivity index (χ2n) is 5.96. The smallest absolute Gasteiger partial charge is 0.102 e. The molecule has 0 aliphatic rings.